The van der Waals surface area contributed by atoms with E-state index in [9.17, 15) is 0 Å². The van der Waals surface area contributed by atoms with E-state index >= 15 is 0 Å². The maximum Gasteiger partial charge on any atom is -0.00236 e. The van der Waals surface area contributed by atoms with Gasteiger partial charge in [0.05, 0.1) is 0 Å². The lowest BCUT2D eigenvalue weighted by atomic mass is 9.87. The summed E-state index contributed by atoms with van der Waals surface area (Å²) in [5.41, 5.74) is 5.81. The molecular formula is C16H22. The highest BCUT2D eigenvalue weighted by Gasteiger charge is 2.11. The molecule has 86 valence electrons. The van der Waals surface area contributed by atoms with Gasteiger partial charge in [0.2, 0.25) is 0 Å². The Morgan fingerprint density at radius 3 is 2.12 bits per heavy atom. The maximum atomic E-state index is 3.85. The number of hydrogen-bond donors (Lipinski definition) is 0. The molecule has 0 radical (unpaired) electrons. The van der Waals surface area contributed by atoms with Crippen molar-refractivity contribution >= 4 is 0 Å². The molecule has 1 aromatic rings. The fourth-order valence-electron chi connectivity index (χ4n) is 1.90. The van der Waals surface area contributed by atoms with Gasteiger partial charge in [-0.15, -0.1) is 0 Å². The zero-order valence-electron chi connectivity index (χ0n) is 10.7. The topological polar surface area (TPSA) is 0 Å². The van der Waals surface area contributed by atoms with Gasteiger partial charge in [0, 0.05) is 0 Å². The van der Waals surface area contributed by atoms with Crippen LogP contribution in [0.3, 0.4) is 0 Å². The number of allylic oxidation sites excluding steroid dienone is 3. The van der Waals surface area contributed by atoms with E-state index in [-0.39, 0.29) is 0 Å². The van der Waals surface area contributed by atoms with Crippen LogP contribution in [-0.4, -0.2) is 0 Å². The molecule has 0 aromatic heterocycles. The highest BCUT2D eigenvalue weighted by molar-refractivity contribution is 5.42. The summed E-state index contributed by atoms with van der Waals surface area (Å²) in [5.74, 6) is 0. The molecule has 0 atom stereocenters. The summed E-state index contributed by atoms with van der Waals surface area (Å²) in [7, 11) is 0. The quantitative estimate of drug-likeness (QED) is 0.635. The summed E-state index contributed by atoms with van der Waals surface area (Å²) in [6, 6.07) is 8.66. The minimum atomic E-state index is 1.06. The molecular weight excluding hydrogens is 192 g/mol. The minimum absolute atomic E-state index is 1.06. The van der Waals surface area contributed by atoms with Crippen LogP contribution in [0.25, 0.3) is 0 Å². The van der Waals surface area contributed by atoms with Crippen molar-refractivity contribution in [2.75, 3.05) is 0 Å². The summed E-state index contributed by atoms with van der Waals surface area (Å²) < 4.78 is 0. The smallest absolute Gasteiger partial charge is 0.00236 e. The summed E-state index contributed by atoms with van der Waals surface area (Å²) in [6.07, 6.45) is 5.40. The first-order chi connectivity index (χ1) is 7.72. The standard InChI is InChI=1S/C13H14.C3H8/c1-3-11-9-13-7-5-4-6-12(13)8-10(11)2;1-3-2/h3-7H,1,8-9H2,2H3;3H2,1-2H3. The van der Waals surface area contributed by atoms with Gasteiger partial charge in [0.25, 0.3) is 0 Å². The van der Waals surface area contributed by atoms with Crippen molar-refractivity contribution in [3.63, 3.8) is 0 Å². The Morgan fingerprint density at radius 2 is 1.62 bits per heavy atom. The molecule has 0 N–H and O–H groups in total. The molecule has 0 fully saturated rings. The van der Waals surface area contributed by atoms with Crippen molar-refractivity contribution in [1.29, 1.82) is 0 Å². The van der Waals surface area contributed by atoms with E-state index in [1.54, 1.807) is 0 Å². The zero-order chi connectivity index (χ0) is 12.0. The molecule has 0 heteroatoms. The van der Waals surface area contributed by atoms with Gasteiger partial charge in [-0.1, -0.05) is 62.8 Å². The van der Waals surface area contributed by atoms with Gasteiger partial charge in [-0.3, -0.25) is 0 Å². The van der Waals surface area contributed by atoms with E-state index in [0.29, 0.717) is 0 Å². The Hall–Kier alpha value is -1.30. The average molecular weight is 214 g/mol. The number of hydrogen-bond acceptors (Lipinski definition) is 0. The average Bonchev–Trinajstić information content (AvgIpc) is 2.29. The molecule has 0 unspecified atom stereocenters. The molecule has 16 heavy (non-hydrogen) atoms. The van der Waals surface area contributed by atoms with E-state index < -0.39 is 0 Å². The van der Waals surface area contributed by atoms with Gasteiger partial charge in [-0.2, -0.15) is 0 Å². The van der Waals surface area contributed by atoms with Crippen LogP contribution >= 0.6 is 0 Å². The van der Waals surface area contributed by atoms with Gasteiger partial charge in [0.15, 0.2) is 0 Å². The molecule has 0 aliphatic heterocycles. The normalized spacial score (nSPS) is 13.7. The third-order valence-corrected chi connectivity index (χ3v) is 2.75. The SMILES string of the molecule is C=CC1=C(C)Cc2ccccc2C1.CCC. The molecule has 0 amide bonds. The second-order valence-corrected chi connectivity index (χ2v) is 4.34. The Labute approximate surface area is 99.7 Å². The van der Waals surface area contributed by atoms with Crippen molar-refractivity contribution < 1.29 is 0 Å². The number of rotatable bonds is 1. The molecule has 0 saturated carbocycles. The van der Waals surface area contributed by atoms with Crippen molar-refractivity contribution in [2.45, 2.75) is 40.0 Å². The lowest BCUT2D eigenvalue weighted by molar-refractivity contribution is 0.979. The van der Waals surface area contributed by atoms with Crippen molar-refractivity contribution in [3.8, 4) is 0 Å². The first-order valence-electron chi connectivity index (χ1n) is 6.10. The summed E-state index contributed by atoms with van der Waals surface area (Å²) in [4.78, 5) is 0. The molecule has 0 heterocycles. The van der Waals surface area contributed by atoms with Gasteiger partial charge < -0.3 is 0 Å². The van der Waals surface area contributed by atoms with Gasteiger partial charge in [0.1, 0.15) is 0 Å². The van der Waals surface area contributed by atoms with Crippen molar-refractivity contribution in [3.05, 3.63) is 59.2 Å². The van der Waals surface area contributed by atoms with Crippen LogP contribution in [0.15, 0.2) is 48.1 Å². The Morgan fingerprint density at radius 1 is 1.12 bits per heavy atom. The summed E-state index contributed by atoms with van der Waals surface area (Å²) in [6.45, 7) is 10.3. The predicted molar refractivity (Wildman–Crippen MR) is 72.7 cm³/mol. The molecule has 1 aliphatic carbocycles. The molecule has 1 aliphatic rings. The minimum Gasteiger partial charge on any atom is -0.0988 e. The second-order valence-electron chi connectivity index (χ2n) is 4.34. The molecule has 0 spiro atoms. The lowest BCUT2D eigenvalue weighted by Crippen LogP contribution is -2.05. The lowest BCUT2D eigenvalue weighted by Gasteiger charge is -2.18. The van der Waals surface area contributed by atoms with Crippen LogP contribution in [0.4, 0.5) is 0 Å². The molecule has 0 nitrogen and oxygen atoms in total. The highest BCUT2D eigenvalue weighted by atomic mass is 14.2. The van der Waals surface area contributed by atoms with Crippen LogP contribution < -0.4 is 0 Å². The largest absolute Gasteiger partial charge is 0.0988 e. The first kappa shape index (κ1) is 12.8. The van der Waals surface area contributed by atoms with E-state index in [1.807, 2.05) is 6.08 Å². The van der Waals surface area contributed by atoms with Crippen LogP contribution in [0.5, 0.6) is 0 Å². The van der Waals surface area contributed by atoms with Gasteiger partial charge in [-0.05, 0) is 36.5 Å². The van der Waals surface area contributed by atoms with E-state index in [2.05, 4.69) is 51.6 Å². The van der Waals surface area contributed by atoms with Gasteiger partial charge >= 0.3 is 0 Å². The molecule has 0 saturated heterocycles. The molecule has 1 aromatic carbocycles. The Kier molecular flexibility index (Phi) is 5.04. The molecule has 0 bridgehead atoms. The highest BCUT2D eigenvalue weighted by Crippen LogP contribution is 2.25. The van der Waals surface area contributed by atoms with Crippen LogP contribution in [-0.2, 0) is 12.8 Å². The van der Waals surface area contributed by atoms with E-state index in [1.165, 1.54) is 28.7 Å². The molecule has 2 rings (SSSR count). The van der Waals surface area contributed by atoms with Crippen molar-refractivity contribution in [1.82, 2.24) is 0 Å². The summed E-state index contributed by atoms with van der Waals surface area (Å²) in [5, 5.41) is 0. The van der Waals surface area contributed by atoms with Crippen molar-refractivity contribution in [2.24, 2.45) is 0 Å². The fourth-order valence-corrected chi connectivity index (χ4v) is 1.90. The maximum absolute atomic E-state index is 3.85. The first-order valence-corrected chi connectivity index (χ1v) is 6.10. The number of fused-ring (bicyclic) bond motifs is 1. The predicted octanol–water partition coefficient (Wildman–Crippen LogP) is 4.70. The fraction of sp³-hybridized carbons (Fsp3) is 0.375. The third-order valence-electron chi connectivity index (χ3n) is 2.75. The van der Waals surface area contributed by atoms with E-state index in [4.69, 9.17) is 0 Å². The Balaban J connectivity index is 0.000000386. The zero-order valence-corrected chi connectivity index (χ0v) is 10.7. The summed E-state index contributed by atoms with van der Waals surface area (Å²) >= 11 is 0. The monoisotopic (exact) mass is 214 g/mol. The van der Waals surface area contributed by atoms with Gasteiger partial charge in [-0.25, -0.2) is 0 Å². The van der Waals surface area contributed by atoms with Crippen LogP contribution in [0.2, 0.25) is 0 Å². The van der Waals surface area contributed by atoms with Crippen LogP contribution in [0, 0.1) is 0 Å². The van der Waals surface area contributed by atoms with E-state index in [0.717, 1.165) is 12.8 Å². The third kappa shape index (κ3) is 3.10. The number of benzene rings is 1. The second kappa shape index (κ2) is 6.32. The van der Waals surface area contributed by atoms with Crippen LogP contribution in [0.1, 0.15) is 38.3 Å². The Bertz CT molecular complexity index is 383.